The molecule has 2 fully saturated rings. The minimum Gasteiger partial charge on any atom is -0.504 e. The van der Waals surface area contributed by atoms with E-state index in [4.69, 9.17) is 18.9 Å². The molecule has 0 bridgehead atoms. The summed E-state index contributed by atoms with van der Waals surface area (Å²) >= 11 is 6.77. The number of rotatable bonds is 4. The fraction of sp³-hybridized carbons (Fsp3) is 0.474. The third-order valence-electron chi connectivity index (χ3n) is 9.96. The van der Waals surface area contributed by atoms with Crippen molar-refractivity contribution in [2.24, 2.45) is 5.41 Å². The van der Waals surface area contributed by atoms with Crippen molar-refractivity contribution < 1.29 is 43.9 Å². The number of imidazole rings is 2. The Morgan fingerprint density at radius 2 is 1.33 bits per heavy atom. The maximum Gasteiger partial charge on any atom is 0.356 e. The Balaban J connectivity index is 0.000000160. The molecule has 0 aliphatic carbocycles. The number of phenolic OH excluding ortho intramolecular Hbond substituents is 2. The number of benzene rings is 2. The number of aromatic nitrogens is 4. The number of amides is 1. The van der Waals surface area contributed by atoms with Gasteiger partial charge in [0.05, 0.1) is 69.1 Å². The topological polar surface area (TPSA) is 183 Å². The van der Waals surface area contributed by atoms with Crippen LogP contribution < -0.4 is 14.8 Å². The first-order chi connectivity index (χ1) is 26.1. The molecule has 0 saturated carbocycles. The van der Waals surface area contributed by atoms with Gasteiger partial charge in [-0.2, -0.15) is 0 Å². The summed E-state index contributed by atoms with van der Waals surface area (Å²) in [6.07, 6.45) is 2.67. The standard InChI is InChI=1S/C19H22BrN3O4.C13H11BrN2O4.C6H13NO/c1-19(2)10-27-7-6-22(19)17(25)16-12-5-4-11-8-15(26-3)14(24)9-13(11)23(12)18(20)21-16;1-20-10-4-6-2-3-7-11(12(18)19)15-13(14)16(7)8(6)5-9(10)17;1-6(2)3-7-5-8-4-6/h8-9,24H,4-7,10H2,1-3H3;4-5,17H,2-3H2,1H3,(H,18,19);7H,3-5H2,1-2H3. The fourth-order valence-electron chi connectivity index (χ4n) is 7.19. The number of methoxy groups -OCH3 is 2. The van der Waals surface area contributed by atoms with E-state index < -0.39 is 5.97 Å². The van der Waals surface area contributed by atoms with Crippen molar-refractivity contribution >= 4 is 43.7 Å². The molecule has 4 aromatic rings. The van der Waals surface area contributed by atoms with Crippen LogP contribution in [0.2, 0.25) is 0 Å². The third-order valence-corrected chi connectivity index (χ3v) is 11.0. The summed E-state index contributed by atoms with van der Waals surface area (Å²) in [4.78, 5) is 34.9. The molecule has 17 heteroatoms. The number of carboxylic acids is 1. The maximum atomic E-state index is 13.3. The Kier molecular flexibility index (Phi) is 11.9. The molecule has 4 aliphatic heterocycles. The van der Waals surface area contributed by atoms with E-state index in [1.807, 2.05) is 29.4 Å². The van der Waals surface area contributed by atoms with Crippen LogP contribution in [0.15, 0.2) is 33.7 Å². The summed E-state index contributed by atoms with van der Waals surface area (Å²) in [5, 5.41) is 32.4. The molecule has 4 N–H and O–H groups in total. The van der Waals surface area contributed by atoms with Crippen LogP contribution in [-0.2, 0) is 35.2 Å². The number of ether oxygens (including phenoxy) is 4. The molecule has 0 atom stereocenters. The van der Waals surface area contributed by atoms with Gasteiger partial charge in [0, 0.05) is 30.6 Å². The lowest BCUT2D eigenvalue weighted by Crippen LogP contribution is -2.55. The van der Waals surface area contributed by atoms with Gasteiger partial charge >= 0.3 is 5.97 Å². The number of phenols is 2. The van der Waals surface area contributed by atoms with Crippen LogP contribution in [0.4, 0.5) is 0 Å². The Bertz CT molecular complexity index is 2100. The molecule has 4 aliphatic rings. The Hall–Kier alpha value is -4.16. The van der Waals surface area contributed by atoms with Gasteiger partial charge < -0.3 is 39.2 Å². The quantitative estimate of drug-likeness (QED) is 0.204. The second-order valence-corrected chi connectivity index (χ2v) is 16.5. The maximum absolute atomic E-state index is 13.3. The molecule has 0 spiro atoms. The lowest BCUT2D eigenvalue weighted by atomic mass is 9.94. The highest BCUT2D eigenvalue weighted by Crippen LogP contribution is 2.39. The number of aromatic carboxylic acids is 1. The van der Waals surface area contributed by atoms with E-state index in [9.17, 15) is 24.9 Å². The van der Waals surface area contributed by atoms with Crippen LogP contribution >= 0.6 is 31.9 Å². The molecule has 1 amide bonds. The predicted octanol–water partition coefficient (Wildman–Crippen LogP) is 5.43. The largest absolute Gasteiger partial charge is 0.504 e. The molecule has 296 valence electrons. The number of carboxylic acid groups (broad SMARTS) is 1. The third kappa shape index (κ3) is 8.21. The zero-order valence-corrected chi connectivity index (χ0v) is 34.8. The first kappa shape index (κ1) is 40.5. The number of aryl methyl sites for hydroxylation is 2. The fourth-order valence-corrected chi connectivity index (χ4v) is 8.36. The molecule has 15 nitrogen and oxygen atoms in total. The Labute approximate surface area is 335 Å². The zero-order chi connectivity index (χ0) is 39.8. The van der Waals surface area contributed by atoms with Crippen molar-refractivity contribution in [2.75, 3.05) is 53.9 Å². The number of nitrogens with one attached hydrogen (secondary N) is 1. The number of aromatic hydroxyl groups is 2. The van der Waals surface area contributed by atoms with Gasteiger partial charge in [0.25, 0.3) is 5.91 Å². The molecule has 55 heavy (non-hydrogen) atoms. The molecule has 6 heterocycles. The number of carbonyl (C=O) groups is 2. The lowest BCUT2D eigenvalue weighted by Gasteiger charge is -2.41. The molecule has 0 unspecified atom stereocenters. The molecule has 2 saturated heterocycles. The van der Waals surface area contributed by atoms with E-state index in [-0.39, 0.29) is 28.6 Å². The van der Waals surface area contributed by atoms with Crippen molar-refractivity contribution in [1.82, 2.24) is 29.3 Å². The van der Waals surface area contributed by atoms with Gasteiger partial charge in [-0.3, -0.25) is 19.2 Å². The molecule has 8 rings (SSSR count). The van der Waals surface area contributed by atoms with Crippen molar-refractivity contribution in [3.63, 3.8) is 0 Å². The summed E-state index contributed by atoms with van der Waals surface area (Å²) in [7, 11) is 3.02. The number of carbonyl (C=O) groups excluding carboxylic acids is 1. The lowest BCUT2D eigenvalue weighted by molar-refractivity contribution is -0.0373. The van der Waals surface area contributed by atoms with E-state index >= 15 is 0 Å². The van der Waals surface area contributed by atoms with E-state index in [0.717, 1.165) is 54.5 Å². The molecule has 2 aromatic heterocycles. The summed E-state index contributed by atoms with van der Waals surface area (Å²) in [5.41, 5.74) is 5.49. The SMILES string of the molecule is CC1(C)CNCOC1.COc1cc2c(cc1O)-n1c(Br)nc(C(=O)N3CCOCC3(C)C)c1CC2.COc1cc2c(cc1O)-n1c(Br)nc(C(=O)O)c1CC2. The summed E-state index contributed by atoms with van der Waals surface area (Å²) in [6.45, 7) is 12.7. The molecule has 2 aromatic carbocycles. The molecule has 0 radical (unpaired) electrons. The number of halogens is 2. The average molecular weight is 891 g/mol. The highest BCUT2D eigenvalue weighted by molar-refractivity contribution is 9.10. The van der Waals surface area contributed by atoms with Gasteiger partial charge in [0.15, 0.2) is 43.9 Å². The minimum atomic E-state index is -1.05. The highest BCUT2D eigenvalue weighted by atomic mass is 79.9. The van der Waals surface area contributed by atoms with Gasteiger partial charge in [-0.1, -0.05) is 13.8 Å². The first-order valence-electron chi connectivity index (χ1n) is 17.8. The van der Waals surface area contributed by atoms with Crippen molar-refractivity contribution in [3.8, 4) is 34.4 Å². The van der Waals surface area contributed by atoms with Crippen LogP contribution in [0.25, 0.3) is 11.4 Å². The summed E-state index contributed by atoms with van der Waals surface area (Å²) in [6, 6.07) is 6.83. The number of morpholine rings is 1. The van der Waals surface area contributed by atoms with Crippen LogP contribution in [0.3, 0.4) is 0 Å². The van der Waals surface area contributed by atoms with Gasteiger partial charge in [0.1, 0.15) is 0 Å². The monoisotopic (exact) mass is 888 g/mol. The predicted molar refractivity (Wildman–Crippen MR) is 209 cm³/mol. The smallest absolute Gasteiger partial charge is 0.356 e. The number of hydrogen-bond acceptors (Lipinski definition) is 11. The van der Waals surface area contributed by atoms with E-state index in [1.54, 1.807) is 22.8 Å². The summed E-state index contributed by atoms with van der Waals surface area (Å²) < 4.78 is 25.6. The number of nitrogens with zero attached hydrogens (tertiary/aromatic N) is 5. The normalized spacial score (nSPS) is 17.5. The van der Waals surface area contributed by atoms with E-state index in [2.05, 4.69) is 61.0 Å². The van der Waals surface area contributed by atoms with Gasteiger partial charge in [0.2, 0.25) is 0 Å². The Morgan fingerprint density at radius 1 is 0.800 bits per heavy atom. The summed E-state index contributed by atoms with van der Waals surface area (Å²) in [5.74, 6) is -0.218. The number of fused-ring (bicyclic) bond motifs is 6. The zero-order valence-electron chi connectivity index (χ0n) is 31.7. The van der Waals surface area contributed by atoms with E-state index in [1.165, 1.54) is 14.2 Å². The second-order valence-electron chi connectivity index (χ2n) is 15.0. The van der Waals surface area contributed by atoms with Gasteiger partial charge in [-0.05, 0) is 94.7 Å². The van der Waals surface area contributed by atoms with E-state index in [0.29, 0.717) is 76.8 Å². The van der Waals surface area contributed by atoms with Crippen LogP contribution in [0, 0.1) is 5.41 Å². The number of hydrogen-bond donors (Lipinski definition) is 4. The first-order valence-corrected chi connectivity index (χ1v) is 19.4. The van der Waals surface area contributed by atoms with Crippen LogP contribution in [-0.4, -0.2) is 111 Å². The van der Waals surface area contributed by atoms with Crippen LogP contribution in [0.1, 0.15) is 71.2 Å². The van der Waals surface area contributed by atoms with Crippen molar-refractivity contribution in [2.45, 2.75) is 58.9 Å². The van der Waals surface area contributed by atoms with Crippen molar-refractivity contribution in [1.29, 1.82) is 0 Å². The van der Waals surface area contributed by atoms with Crippen molar-refractivity contribution in [3.05, 3.63) is 67.6 Å². The average Bonchev–Trinajstić information content (AvgIpc) is 3.67. The van der Waals surface area contributed by atoms with Crippen LogP contribution in [0.5, 0.6) is 23.0 Å². The molecular weight excluding hydrogens is 844 g/mol. The van der Waals surface area contributed by atoms with Gasteiger partial charge in [-0.25, -0.2) is 14.8 Å². The highest BCUT2D eigenvalue weighted by Gasteiger charge is 2.38. The Morgan fingerprint density at radius 3 is 1.76 bits per heavy atom. The second kappa shape index (κ2) is 16.1. The minimum absolute atomic E-state index is 0.0107. The molecular formula is C38H46Br2N6O9. The van der Waals surface area contributed by atoms with Gasteiger partial charge in [-0.15, -0.1) is 0 Å².